The first-order valence-corrected chi connectivity index (χ1v) is 8.60. The lowest BCUT2D eigenvalue weighted by Gasteiger charge is -2.27. The number of halogens is 1. The maximum atomic E-state index is 12.7. The van der Waals surface area contributed by atoms with Gasteiger partial charge < -0.3 is 4.90 Å². The molecule has 4 heterocycles. The van der Waals surface area contributed by atoms with Crippen LogP contribution in [0.15, 0.2) is 41.7 Å². The maximum Gasteiger partial charge on any atom is 0.280 e. The van der Waals surface area contributed by atoms with E-state index in [1.165, 1.54) is 17.4 Å². The summed E-state index contributed by atoms with van der Waals surface area (Å²) in [6.45, 7) is 1.97. The van der Waals surface area contributed by atoms with Crippen LogP contribution in [-0.4, -0.2) is 37.8 Å². The molecular formula is C17H17ClN6O. The van der Waals surface area contributed by atoms with E-state index < -0.39 is 0 Å². The summed E-state index contributed by atoms with van der Waals surface area (Å²) in [7, 11) is 0. The Balaban J connectivity index is 1.68. The Kier molecular flexibility index (Phi) is 4.23. The molecule has 0 aromatic carbocycles. The van der Waals surface area contributed by atoms with Crippen molar-refractivity contribution in [2.45, 2.75) is 19.3 Å². The molecule has 0 unspecified atom stereocenters. The van der Waals surface area contributed by atoms with Gasteiger partial charge in [0.15, 0.2) is 5.82 Å². The highest BCUT2D eigenvalue weighted by Gasteiger charge is 2.15. The number of nitrogens with one attached hydrogen (secondary N) is 1. The van der Waals surface area contributed by atoms with Gasteiger partial charge in [-0.2, -0.15) is 0 Å². The largest absolute Gasteiger partial charge is 0.356 e. The third-order valence-electron chi connectivity index (χ3n) is 4.36. The standard InChI is InChI=1S/C17H17ClN6O/c18-14-5-4-12(9-19-14)13-10-22-24(17(13)25)16-8-15(20-11-21-16)23-6-2-1-3-7-23/h4-5,8-11,22H,1-3,6-7H2. The molecule has 0 amide bonds. The van der Waals surface area contributed by atoms with Crippen molar-refractivity contribution >= 4 is 17.4 Å². The molecule has 1 aliphatic heterocycles. The lowest BCUT2D eigenvalue weighted by molar-refractivity contribution is 0.572. The van der Waals surface area contributed by atoms with Gasteiger partial charge in [-0.3, -0.25) is 9.89 Å². The second kappa shape index (κ2) is 6.68. The molecule has 3 aromatic heterocycles. The van der Waals surface area contributed by atoms with Crippen molar-refractivity contribution in [3.05, 3.63) is 52.4 Å². The fourth-order valence-electron chi connectivity index (χ4n) is 3.04. The quantitative estimate of drug-likeness (QED) is 0.730. The van der Waals surface area contributed by atoms with Gasteiger partial charge in [-0.15, -0.1) is 0 Å². The van der Waals surface area contributed by atoms with E-state index in [0.29, 0.717) is 22.1 Å². The minimum atomic E-state index is -0.188. The van der Waals surface area contributed by atoms with Crippen molar-refractivity contribution < 1.29 is 0 Å². The van der Waals surface area contributed by atoms with E-state index >= 15 is 0 Å². The highest BCUT2D eigenvalue weighted by atomic mass is 35.5. The number of aromatic nitrogens is 5. The number of H-pyrrole nitrogens is 1. The molecule has 25 heavy (non-hydrogen) atoms. The van der Waals surface area contributed by atoms with Crippen LogP contribution in [0.4, 0.5) is 5.82 Å². The van der Waals surface area contributed by atoms with Crippen molar-refractivity contribution in [1.29, 1.82) is 0 Å². The van der Waals surface area contributed by atoms with Crippen molar-refractivity contribution in [2.24, 2.45) is 0 Å². The molecule has 1 fully saturated rings. The molecule has 1 N–H and O–H groups in total. The molecule has 0 atom stereocenters. The van der Waals surface area contributed by atoms with E-state index in [0.717, 1.165) is 31.7 Å². The third kappa shape index (κ3) is 3.15. The summed E-state index contributed by atoms with van der Waals surface area (Å²) in [4.78, 5) is 27.6. The molecule has 3 aromatic rings. The van der Waals surface area contributed by atoms with Crippen molar-refractivity contribution in [2.75, 3.05) is 18.0 Å². The van der Waals surface area contributed by atoms with Crippen LogP contribution in [0.3, 0.4) is 0 Å². The maximum absolute atomic E-state index is 12.7. The Morgan fingerprint density at radius 3 is 2.60 bits per heavy atom. The van der Waals surface area contributed by atoms with Gasteiger partial charge >= 0.3 is 0 Å². The predicted octanol–water partition coefficient (Wildman–Crippen LogP) is 2.66. The fourth-order valence-corrected chi connectivity index (χ4v) is 3.15. The topological polar surface area (TPSA) is 79.7 Å². The fraction of sp³-hybridized carbons (Fsp3) is 0.294. The van der Waals surface area contributed by atoms with E-state index in [9.17, 15) is 4.79 Å². The van der Waals surface area contributed by atoms with Gasteiger partial charge in [0.05, 0.1) is 5.56 Å². The summed E-state index contributed by atoms with van der Waals surface area (Å²) in [5.41, 5.74) is 1.03. The lowest BCUT2D eigenvalue weighted by Crippen LogP contribution is -2.30. The van der Waals surface area contributed by atoms with Crippen LogP contribution < -0.4 is 10.5 Å². The number of rotatable bonds is 3. The number of pyridine rings is 1. The normalized spacial score (nSPS) is 14.7. The van der Waals surface area contributed by atoms with E-state index in [1.54, 1.807) is 24.5 Å². The summed E-state index contributed by atoms with van der Waals surface area (Å²) >= 11 is 5.81. The molecule has 0 saturated carbocycles. The Bertz CT molecular complexity index is 927. The van der Waals surface area contributed by atoms with Crippen LogP contribution in [0.25, 0.3) is 16.9 Å². The van der Waals surface area contributed by atoms with Crippen LogP contribution >= 0.6 is 11.6 Å². The smallest absolute Gasteiger partial charge is 0.280 e. The first-order chi connectivity index (χ1) is 12.2. The van der Waals surface area contributed by atoms with Crippen LogP contribution in [0.1, 0.15) is 19.3 Å². The highest BCUT2D eigenvalue weighted by Crippen LogP contribution is 2.19. The summed E-state index contributed by atoms with van der Waals surface area (Å²) in [5.74, 6) is 1.37. The van der Waals surface area contributed by atoms with Crippen LogP contribution in [0, 0.1) is 0 Å². The van der Waals surface area contributed by atoms with Crippen molar-refractivity contribution in [3.8, 4) is 16.9 Å². The number of hydrogen-bond donors (Lipinski definition) is 1. The highest BCUT2D eigenvalue weighted by molar-refractivity contribution is 6.29. The molecule has 0 spiro atoms. The van der Waals surface area contributed by atoms with Gasteiger partial charge in [0, 0.05) is 37.1 Å². The van der Waals surface area contributed by atoms with Gasteiger partial charge in [-0.25, -0.2) is 19.6 Å². The zero-order valence-electron chi connectivity index (χ0n) is 13.5. The van der Waals surface area contributed by atoms with Crippen molar-refractivity contribution in [3.63, 3.8) is 0 Å². The van der Waals surface area contributed by atoms with Gasteiger partial charge in [0.2, 0.25) is 0 Å². The lowest BCUT2D eigenvalue weighted by atomic mass is 10.1. The molecule has 0 aliphatic carbocycles. The summed E-state index contributed by atoms with van der Waals surface area (Å²) < 4.78 is 1.42. The van der Waals surface area contributed by atoms with E-state index in [-0.39, 0.29) is 5.56 Å². The number of anilines is 1. The molecule has 7 nitrogen and oxygen atoms in total. The van der Waals surface area contributed by atoms with Crippen molar-refractivity contribution in [1.82, 2.24) is 24.7 Å². The number of hydrogen-bond acceptors (Lipinski definition) is 5. The Labute approximate surface area is 149 Å². The average Bonchev–Trinajstić information content (AvgIpc) is 3.05. The Morgan fingerprint density at radius 1 is 1.04 bits per heavy atom. The molecule has 1 aliphatic rings. The molecule has 8 heteroatoms. The SMILES string of the molecule is O=c1c(-c2ccc(Cl)nc2)c[nH]n1-c1cc(N2CCCCC2)ncn1. The molecule has 128 valence electrons. The number of nitrogens with zero attached hydrogens (tertiary/aromatic N) is 5. The molecular weight excluding hydrogens is 340 g/mol. The van der Waals surface area contributed by atoms with Gasteiger partial charge in [0.25, 0.3) is 5.56 Å². The second-order valence-corrected chi connectivity index (χ2v) is 6.37. The van der Waals surface area contributed by atoms with E-state index in [1.807, 2.05) is 6.07 Å². The minimum absolute atomic E-state index is 0.188. The molecule has 1 saturated heterocycles. The van der Waals surface area contributed by atoms with E-state index in [2.05, 4.69) is 25.0 Å². The summed E-state index contributed by atoms with van der Waals surface area (Å²) in [6.07, 6.45) is 8.30. The van der Waals surface area contributed by atoms with Gasteiger partial charge in [-0.1, -0.05) is 11.6 Å². The van der Waals surface area contributed by atoms with Gasteiger partial charge in [0.1, 0.15) is 17.3 Å². The average molecular weight is 357 g/mol. The first kappa shape index (κ1) is 15.8. The van der Waals surface area contributed by atoms with Crippen LogP contribution in [-0.2, 0) is 0 Å². The summed E-state index contributed by atoms with van der Waals surface area (Å²) in [5, 5.41) is 3.36. The number of piperidine rings is 1. The second-order valence-electron chi connectivity index (χ2n) is 5.98. The first-order valence-electron chi connectivity index (χ1n) is 8.22. The monoisotopic (exact) mass is 356 g/mol. The zero-order valence-corrected chi connectivity index (χ0v) is 14.3. The van der Waals surface area contributed by atoms with Gasteiger partial charge in [-0.05, 0) is 31.4 Å². The Hall–Kier alpha value is -2.67. The minimum Gasteiger partial charge on any atom is -0.356 e. The van der Waals surface area contributed by atoms with E-state index in [4.69, 9.17) is 11.6 Å². The number of aromatic amines is 1. The molecule has 4 rings (SSSR count). The Morgan fingerprint density at radius 2 is 1.84 bits per heavy atom. The predicted molar refractivity (Wildman–Crippen MR) is 96.3 cm³/mol. The summed E-state index contributed by atoms with van der Waals surface area (Å²) in [6, 6.07) is 5.27. The zero-order chi connectivity index (χ0) is 17.2. The molecule has 0 bridgehead atoms. The van der Waals surface area contributed by atoms with Crippen LogP contribution in [0.5, 0.6) is 0 Å². The van der Waals surface area contributed by atoms with Crippen LogP contribution in [0.2, 0.25) is 5.15 Å². The molecule has 0 radical (unpaired) electrons. The third-order valence-corrected chi connectivity index (χ3v) is 4.58.